The molecular weight excluding hydrogens is 170 g/mol. The molecule has 1 aliphatic heterocycles. The topological polar surface area (TPSA) is 54.6 Å². The molecule has 0 radical (unpaired) electrons. The van der Waals surface area contributed by atoms with Crippen LogP contribution in [0, 0.1) is 0 Å². The van der Waals surface area contributed by atoms with Gasteiger partial charge in [0.05, 0.1) is 12.7 Å². The molecule has 0 spiro atoms. The number of aliphatic hydroxyl groups is 2. The van der Waals surface area contributed by atoms with Gasteiger partial charge in [-0.3, -0.25) is 0 Å². The molecule has 1 aliphatic rings. The molecule has 1 saturated heterocycles. The summed E-state index contributed by atoms with van der Waals surface area (Å²) in [7, 11) is 0. The lowest BCUT2D eigenvalue weighted by Crippen LogP contribution is -2.24. The van der Waals surface area contributed by atoms with E-state index in [0.717, 1.165) is 0 Å². The van der Waals surface area contributed by atoms with Gasteiger partial charge in [-0.15, -0.1) is 0 Å². The van der Waals surface area contributed by atoms with Crippen LogP contribution in [-0.4, -0.2) is 33.6 Å². The average molecular weight is 183 g/mol. The van der Waals surface area contributed by atoms with Gasteiger partial charge in [-0.2, -0.15) is 0 Å². The molecule has 13 heavy (non-hydrogen) atoms. The third-order valence-corrected chi connectivity index (χ3v) is 2.34. The predicted molar refractivity (Wildman–Crippen MR) is 46.1 cm³/mol. The van der Waals surface area contributed by atoms with E-state index in [2.05, 4.69) is 0 Å². The van der Waals surface area contributed by atoms with E-state index >= 15 is 0 Å². The van der Waals surface area contributed by atoms with Crippen LogP contribution in [0.1, 0.15) is 12.6 Å². The van der Waals surface area contributed by atoms with Crippen molar-refractivity contribution < 1.29 is 14.9 Å². The fourth-order valence-corrected chi connectivity index (χ4v) is 1.60. The Morgan fingerprint density at radius 2 is 2.08 bits per heavy atom. The lowest BCUT2D eigenvalue weighted by atomic mass is 10.2. The molecule has 1 aromatic rings. The van der Waals surface area contributed by atoms with Crippen molar-refractivity contribution in [3.8, 4) is 0 Å². The van der Waals surface area contributed by atoms with Crippen LogP contribution in [0.4, 0.5) is 0 Å². The minimum absolute atomic E-state index is 0.126. The molecule has 1 fully saturated rings. The number of aliphatic hydroxyl groups excluding tert-OH is 2. The number of hydrogen-bond acceptors (Lipinski definition) is 3. The Kier molecular flexibility index (Phi) is 2.35. The Bertz CT molecular complexity index is 260. The zero-order valence-electron chi connectivity index (χ0n) is 7.21. The smallest absolute Gasteiger partial charge is 0.136 e. The molecule has 1 aromatic heterocycles. The van der Waals surface area contributed by atoms with Crippen LogP contribution in [0.15, 0.2) is 24.5 Å². The van der Waals surface area contributed by atoms with Gasteiger partial charge in [0.15, 0.2) is 0 Å². The molecule has 0 unspecified atom stereocenters. The molecule has 0 aromatic carbocycles. The fraction of sp³-hybridized carbons (Fsp3) is 0.556. The normalized spacial score (nSPS) is 33.8. The first-order valence-corrected chi connectivity index (χ1v) is 4.38. The molecular formula is C9H13NO3. The highest BCUT2D eigenvalue weighted by Gasteiger charge is 2.33. The zero-order chi connectivity index (χ0) is 9.26. The lowest BCUT2D eigenvalue weighted by molar-refractivity contribution is -0.0442. The second kappa shape index (κ2) is 3.49. The monoisotopic (exact) mass is 183 g/mol. The Morgan fingerprint density at radius 1 is 1.38 bits per heavy atom. The van der Waals surface area contributed by atoms with E-state index in [1.54, 1.807) is 0 Å². The van der Waals surface area contributed by atoms with Crippen LogP contribution < -0.4 is 0 Å². The molecule has 2 heterocycles. The van der Waals surface area contributed by atoms with Crippen molar-refractivity contribution in [2.45, 2.75) is 24.9 Å². The van der Waals surface area contributed by atoms with Crippen LogP contribution in [0.3, 0.4) is 0 Å². The Labute approximate surface area is 76.4 Å². The van der Waals surface area contributed by atoms with Crippen LogP contribution in [0.25, 0.3) is 0 Å². The lowest BCUT2D eigenvalue weighted by Gasteiger charge is -2.12. The zero-order valence-corrected chi connectivity index (χ0v) is 7.21. The molecule has 2 rings (SSSR count). The second-order valence-corrected chi connectivity index (χ2v) is 3.25. The summed E-state index contributed by atoms with van der Waals surface area (Å²) < 4.78 is 7.32. The van der Waals surface area contributed by atoms with E-state index in [4.69, 9.17) is 9.84 Å². The Morgan fingerprint density at radius 3 is 2.62 bits per heavy atom. The standard InChI is InChI=1S/C9H13NO3/c11-6-8-7(12)5-9(13-8)10-3-1-2-4-10/h1-4,7-9,11-12H,5-6H2/t7-,8+,9-/m0/s1. The summed E-state index contributed by atoms with van der Waals surface area (Å²) in [4.78, 5) is 0. The van der Waals surface area contributed by atoms with Gasteiger partial charge in [0.25, 0.3) is 0 Å². The summed E-state index contributed by atoms with van der Waals surface area (Å²) in [6, 6.07) is 3.81. The molecule has 3 atom stereocenters. The van der Waals surface area contributed by atoms with Gasteiger partial charge in [0.1, 0.15) is 12.3 Å². The van der Waals surface area contributed by atoms with E-state index in [1.807, 2.05) is 29.1 Å². The SMILES string of the molecule is OC[C@H]1O[C@H](n2cccc2)C[C@@H]1O. The van der Waals surface area contributed by atoms with Crippen molar-refractivity contribution in [2.24, 2.45) is 0 Å². The minimum atomic E-state index is -0.558. The van der Waals surface area contributed by atoms with Crippen molar-refractivity contribution in [2.75, 3.05) is 6.61 Å². The van der Waals surface area contributed by atoms with Gasteiger partial charge in [0, 0.05) is 18.8 Å². The van der Waals surface area contributed by atoms with Crippen molar-refractivity contribution in [3.63, 3.8) is 0 Å². The summed E-state index contributed by atoms with van der Waals surface area (Å²) in [5.41, 5.74) is 0. The maximum Gasteiger partial charge on any atom is 0.136 e. The minimum Gasteiger partial charge on any atom is -0.394 e. The molecule has 0 amide bonds. The summed E-state index contributed by atoms with van der Waals surface area (Å²) in [5.74, 6) is 0. The first-order valence-electron chi connectivity index (χ1n) is 4.38. The first-order chi connectivity index (χ1) is 6.31. The highest BCUT2D eigenvalue weighted by molar-refractivity contribution is 4.94. The van der Waals surface area contributed by atoms with Crippen LogP contribution in [-0.2, 0) is 4.74 Å². The molecule has 72 valence electrons. The summed E-state index contributed by atoms with van der Waals surface area (Å²) in [5, 5.41) is 18.3. The highest BCUT2D eigenvalue weighted by atomic mass is 16.5. The van der Waals surface area contributed by atoms with E-state index in [1.165, 1.54) is 0 Å². The number of hydrogen-bond donors (Lipinski definition) is 2. The average Bonchev–Trinajstić information content (AvgIpc) is 2.71. The third-order valence-electron chi connectivity index (χ3n) is 2.34. The first kappa shape index (κ1) is 8.74. The van der Waals surface area contributed by atoms with E-state index in [-0.39, 0.29) is 12.8 Å². The third kappa shape index (κ3) is 1.60. The number of nitrogens with zero attached hydrogens (tertiary/aromatic N) is 1. The van der Waals surface area contributed by atoms with E-state index < -0.39 is 12.2 Å². The van der Waals surface area contributed by atoms with Gasteiger partial charge in [-0.05, 0) is 12.1 Å². The van der Waals surface area contributed by atoms with Gasteiger partial charge in [0.2, 0.25) is 0 Å². The fourth-order valence-electron chi connectivity index (χ4n) is 1.60. The van der Waals surface area contributed by atoms with Gasteiger partial charge in [-0.25, -0.2) is 0 Å². The Balaban J connectivity index is 2.05. The van der Waals surface area contributed by atoms with E-state index in [9.17, 15) is 5.11 Å². The largest absolute Gasteiger partial charge is 0.394 e. The number of rotatable bonds is 2. The molecule has 0 aliphatic carbocycles. The number of ether oxygens (including phenoxy) is 1. The van der Waals surface area contributed by atoms with Gasteiger partial charge < -0.3 is 19.5 Å². The predicted octanol–water partition coefficient (Wildman–Crippen LogP) is 0.129. The van der Waals surface area contributed by atoms with Crippen LogP contribution in [0.2, 0.25) is 0 Å². The quantitative estimate of drug-likeness (QED) is 0.685. The van der Waals surface area contributed by atoms with Crippen molar-refractivity contribution in [1.82, 2.24) is 4.57 Å². The summed E-state index contributed by atoms with van der Waals surface area (Å²) in [6.45, 7) is -0.126. The number of aromatic nitrogens is 1. The Hall–Kier alpha value is -0.840. The maximum absolute atomic E-state index is 9.46. The van der Waals surface area contributed by atoms with Crippen molar-refractivity contribution in [1.29, 1.82) is 0 Å². The molecule has 4 heteroatoms. The van der Waals surface area contributed by atoms with E-state index in [0.29, 0.717) is 6.42 Å². The second-order valence-electron chi connectivity index (χ2n) is 3.25. The summed E-state index contributed by atoms with van der Waals surface area (Å²) >= 11 is 0. The van der Waals surface area contributed by atoms with Gasteiger partial charge >= 0.3 is 0 Å². The maximum atomic E-state index is 9.46. The summed E-state index contributed by atoms with van der Waals surface area (Å²) in [6.07, 6.45) is 3.18. The molecule has 0 saturated carbocycles. The molecule has 0 bridgehead atoms. The van der Waals surface area contributed by atoms with Crippen LogP contribution in [0.5, 0.6) is 0 Å². The molecule has 2 N–H and O–H groups in total. The van der Waals surface area contributed by atoms with Crippen LogP contribution >= 0.6 is 0 Å². The van der Waals surface area contributed by atoms with Gasteiger partial charge in [-0.1, -0.05) is 0 Å². The van der Waals surface area contributed by atoms with Crippen molar-refractivity contribution >= 4 is 0 Å². The molecule has 4 nitrogen and oxygen atoms in total. The highest BCUT2D eigenvalue weighted by Crippen LogP contribution is 2.28. The van der Waals surface area contributed by atoms with Crippen molar-refractivity contribution in [3.05, 3.63) is 24.5 Å².